The van der Waals surface area contributed by atoms with Crippen LogP contribution in [0.2, 0.25) is 10.0 Å². The van der Waals surface area contributed by atoms with E-state index in [4.69, 9.17) is 28.9 Å². The highest BCUT2D eigenvalue weighted by Crippen LogP contribution is 2.33. The lowest BCUT2D eigenvalue weighted by atomic mass is 9.97. The number of fused-ring (bicyclic) bond motifs is 1. The van der Waals surface area contributed by atoms with Crippen LogP contribution in [0.5, 0.6) is 5.75 Å². The van der Waals surface area contributed by atoms with Gasteiger partial charge >= 0.3 is 0 Å². The van der Waals surface area contributed by atoms with Crippen molar-refractivity contribution in [2.24, 2.45) is 5.73 Å². The first-order valence-corrected chi connectivity index (χ1v) is 7.35. The van der Waals surface area contributed by atoms with Gasteiger partial charge in [-0.3, -0.25) is 4.79 Å². The third-order valence-corrected chi connectivity index (χ3v) is 4.23. The van der Waals surface area contributed by atoms with Crippen LogP contribution in [0.25, 0.3) is 16.6 Å². The van der Waals surface area contributed by atoms with E-state index in [0.717, 1.165) is 0 Å². The molecule has 1 aromatic carbocycles. The van der Waals surface area contributed by atoms with Gasteiger partial charge < -0.3 is 15.8 Å². The average Bonchev–Trinajstić information content (AvgIpc) is 2.95. The molecule has 0 unspecified atom stereocenters. The van der Waals surface area contributed by atoms with Crippen LogP contribution in [-0.4, -0.2) is 20.9 Å². The summed E-state index contributed by atoms with van der Waals surface area (Å²) in [6.07, 6.45) is 4.00. The molecule has 0 radical (unpaired) electrons. The smallest absolute Gasteiger partial charge is 0.197 e. The van der Waals surface area contributed by atoms with E-state index in [1.165, 1.54) is 24.7 Å². The molecule has 7 heteroatoms. The number of nitrogens with zero attached hydrogens (tertiary/aromatic N) is 1. The van der Waals surface area contributed by atoms with Crippen LogP contribution in [0.1, 0.15) is 15.9 Å². The van der Waals surface area contributed by atoms with E-state index < -0.39 is 0 Å². The summed E-state index contributed by atoms with van der Waals surface area (Å²) < 4.78 is 0. The number of hydrogen-bond acceptors (Lipinski definition) is 4. The molecule has 0 saturated heterocycles. The Morgan fingerprint density at radius 1 is 1.30 bits per heavy atom. The second-order valence-corrected chi connectivity index (χ2v) is 5.59. The first-order chi connectivity index (χ1) is 11.0. The number of Topliss-reactive ketones (excluding diaryl/α,β-unsaturated/α-hetero) is 1. The van der Waals surface area contributed by atoms with Gasteiger partial charge in [0.25, 0.3) is 0 Å². The van der Waals surface area contributed by atoms with Crippen molar-refractivity contribution in [3.05, 3.63) is 64.0 Å². The molecule has 0 bridgehead atoms. The Balaban J connectivity index is 2.13. The van der Waals surface area contributed by atoms with E-state index in [-0.39, 0.29) is 22.1 Å². The molecule has 0 aliphatic carbocycles. The predicted molar refractivity (Wildman–Crippen MR) is 90.7 cm³/mol. The molecule has 0 spiro atoms. The Labute approximate surface area is 141 Å². The molecular formula is C16H11Cl2N3O2. The van der Waals surface area contributed by atoms with Crippen molar-refractivity contribution in [1.82, 2.24) is 9.97 Å². The molecule has 2 aromatic heterocycles. The molecule has 0 atom stereocenters. The summed E-state index contributed by atoms with van der Waals surface area (Å²) in [5.41, 5.74) is 7.11. The topological polar surface area (TPSA) is 92.0 Å². The highest BCUT2D eigenvalue weighted by Gasteiger charge is 2.21. The highest BCUT2D eigenvalue weighted by atomic mass is 35.5. The normalized spacial score (nSPS) is 11.8. The van der Waals surface area contributed by atoms with Gasteiger partial charge in [-0.1, -0.05) is 35.3 Å². The molecule has 0 fully saturated rings. The van der Waals surface area contributed by atoms with Gasteiger partial charge in [0, 0.05) is 34.5 Å². The van der Waals surface area contributed by atoms with E-state index in [0.29, 0.717) is 27.2 Å². The number of halogens is 2. The lowest BCUT2D eigenvalue weighted by Crippen LogP contribution is -2.05. The van der Waals surface area contributed by atoms with Gasteiger partial charge in [0.1, 0.15) is 11.4 Å². The third-order valence-electron chi connectivity index (χ3n) is 3.41. The molecule has 0 aliphatic heterocycles. The van der Waals surface area contributed by atoms with Crippen molar-refractivity contribution >= 4 is 45.6 Å². The number of H-pyrrole nitrogens is 1. The van der Waals surface area contributed by atoms with Crippen molar-refractivity contribution in [3.63, 3.8) is 0 Å². The third kappa shape index (κ3) is 2.65. The van der Waals surface area contributed by atoms with Gasteiger partial charge in [0.2, 0.25) is 0 Å². The maximum Gasteiger partial charge on any atom is 0.197 e. The Morgan fingerprint density at radius 2 is 2.09 bits per heavy atom. The highest BCUT2D eigenvalue weighted by molar-refractivity contribution is 6.45. The van der Waals surface area contributed by atoms with Crippen LogP contribution in [-0.2, 0) is 0 Å². The molecule has 0 amide bonds. The molecule has 5 nitrogen and oxygen atoms in total. The van der Waals surface area contributed by atoms with Gasteiger partial charge in [-0.15, -0.1) is 0 Å². The molecule has 0 aliphatic rings. The van der Waals surface area contributed by atoms with Crippen LogP contribution in [0.15, 0.2) is 42.9 Å². The summed E-state index contributed by atoms with van der Waals surface area (Å²) in [5.74, 6) is -0.388. The van der Waals surface area contributed by atoms with E-state index in [1.807, 2.05) is 0 Å². The second-order valence-electron chi connectivity index (χ2n) is 4.80. The molecule has 4 N–H and O–H groups in total. The number of rotatable bonds is 3. The number of aromatic amines is 1. The zero-order valence-corrected chi connectivity index (χ0v) is 13.2. The van der Waals surface area contributed by atoms with Crippen molar-refractivity contribution in [3.8, 4) is 5.75 Å². The minimum Gasteiger partial charge on any atom is -0.506 e. The van der Waals surface area contributed by atoms with Crippen LogP contribution in [0.3, 0.4) is 0 Å². The second kappa shape index (κ2) is 5.95. The maximum absolute atomic E-state index is 12.8. The number of nitrogens with two attached hydrogens (primary N) is 1. The standard InChI is InChI=1S/C16H11Cl2N3O2/c17-13-3-1-2-9(14(13)18)11(5-19)15(23)12-7-21-16-10(12)4-8(22)6-20-16/h1-7,22H,19H2,(H,20,21). The van der Waals surface area contributed by atoms with Crippen LogP contribution in [0, 0.1) is 0 Å². The number of ketones is 1. The number of hydrogen-bond donors (Lipinski definition) is 3. The molecule has 23 heavy (non-hydrogen) atoms. The summed E-state index contributed by atoms with van der Waals surface area (Å²) in [6, 6.07) is 6.43. The van der Waals surface area contributed by atoms with Crippen molar-refractivity contribution in [1.29, 1.82) is 0 Å². The first-order valence-electron chi connectivity index (χ1n) is 6.60. The van der Waals surface area contributed by atoms with E-state index >= 15 is 0 Å². The number of aromatic hydroxyl groups is 1. The SMILES string of the molecule is NC=C(C(=O)c1c[nH]c2ncc(O)cc12)c1cccc(Cl)c1Cl. The number of carbonyl (C=O) groups excluding carboxylic acids is 1. The Hall–Kier alpha value is -2.50. The van der Waals surface area contributed by atoms with Gasteiger partial charge in [0.05, 0.1) is 16.2 Å². The number of aromatic nitrogens is 2. The maximum atomic E-state index is 12.8. The van der Waals surface area contributed by atoms with Crippen LogP contribution in [0.4, 0.5) is 0 Å². The molecule has 3 rings (SSSR count). The molecule has 116 valence electrons. The van der Waals surface area contributed by atoms with Crippen molar-refractivity contribution in [2.45, 2.75) is 0 Å². The zero-order valence-electron chi connectivity index (χ0n) is 11.7. The molecule has 2 heterocycles. The van der Waals surface area contributed by atoms with E-state index in [9.17, 15) is 9.90 Å². The van der Waals surface area contributed by atoms with E-state index in [2.05, 4.69) is 9.97 Å². The largest absolute Gasteiger partial charge is 0.506 e. The summed E-state index contributed by atoms with van der Waals surface area (Å²) in [6.45, 7) is 0. The number of pyridine rings is 1. The summed E-state index contributed by atoms with van der Waals surface area (Å²) in [7, 11) is 0. The number of carbonyl (C=O) groups is 1. The van der Waals surface area contributed by atoms with Gasteiger partial charge in [-0.25, -0.2) is 4.98 Å². The van der Waals surface area contributed by atoms with Crippen molar-refractivity contribution < 1.29 is 9.90 Å². The van der Waals surface area contributed by atoms with Crippen LogP contribution < -0.4 is 5.73 Å². The average molecular weight is 348 g/mol. The number of allylic oxidation sites excluding steroid dienone is 1. The Kier molecular flexibility index (Phi) is 3.98. The lowest BCUT2D eigenvalue weighted by molar-refractivity contribution is 0.105. The molecule has 0 saturated carbocycles. The van der Waals surface area contributed by atoms with Gasteiger partial charge in [-0.05, 0) is 12.1 Å². The minimum atomic E-state index is -0.352. The van der Waals surface area contributed by atoms with Gasteiger partial charge in [-0.2, -0.15) is 0 Å². The Morgan fingerprint density at radius 3 is 2.83 bits per heavy atom. The fourth-order valence-corrected chi connectivity index (χ4v) is 2.73. The quantitative estimate of drug-likeness (QED) is 0.496. The van der Waals surface area contributed by atoms with Crippen LogP contribution >= 0.6 is 23.2 Å². The minimum absolute atomic E-state index is 0.0368. The lowest BCUT2D eigenvalue weighted by Gasteiger charge is -2.09. The summed E-state index contributed by atoms with van der Waals surface area (Å²) >= 11 is 12.2. The summed E-state index contributed by atoms with van der Waals surface area (Å²) in [5, 5.41) is 10.7. The number of benzene rings is 1. The first kappa shape index (κ1) is 15.4. The fraction of sp³-hybridized carbons (Fsp3) is 0. The van der Waals surface area contributed by atoms with Gasteiger partial charge in [0.15, 0.2) is 5.78 Å². The monoisotopic (exact) mass is 347 g/mol. The molecule has 3 aromatic rings. The summed E-state index contributed by atoms with van der Waals surface area (Å²) in [4.78, 5) is 19.7. The molecular weight excluding hydrogens is 337 g/mol. The Bertz CT molecular complexity index is 948. The van der Waals surface area contributed by atoms with E-state index in [1.54, 1.807) is 18.2 Å². The number of nitrogens with one attached hydrogen (secondary N) is 1. The van der Waals surface area contributed by atoms with Crippen molar-refractivity contribution in [2.75, 3.05) is 0 Å². The predicted octanol–water partition coefficient (Wildman–Crippen LogP) is 3.76. The fourth-order valence-electron chi connectivity index (χ4n) is 2.32. The zero-order chi connectivity index (χ0) is 16.6.